The molecule has 0 bridgehead atoms. The fraction of sp³-hybridized carbons (Fsp3) is 0.208. The molecular weight excluding hydrogens is 454 g/mol. The van der Waals surface area contributed by atoms with Crippen LogP contribution in [-0.2, 0) is 0 Å². The summed E-state index contributed by atoms with van der Waals surface area (Å²) in [4.78, 5) is 30.8. The van der Waals surface area contributed by atoms with Crippen LogP contribution < -0.4 is 10.1 Å². The number of thiazole rings is 1. The highest BCUT2D eigenvalue weighted by molar-refractivity contribution is 7.99. The number of aromatic nitrogens is 4. The van der Waals surface area contributed by atoms with Crippen molar-refractivity contribution in [2.75, 3.05) is 11.9 Å². The number of pyridine rings is 1. The number of ether oxygens (including phenoxy) is 1. The molecule has 3 aromatic heterocycles. The third-order valence-electron chi connectivity index (χ3n) is 4.71. The first-order valence-electron chi connectivity index (χ1n) is 10.4. The second-order valence-electron chi connectivity index (χ2n) is 7.30. The molecule has 1 N–H and O–H groups in total. The summed E-state index contributed by atoms with van der Waals surface area (Å²) in [5.41, 5.74) is 4.66. The second-order valence-corrected chi connectivity index (χ2v) is 9.26. The quantitative estimate of drug-likeness (QED) is 0.343. The fourth-order valence-electron chi connectivity index (χ4n) is 3.26. The zero-order chi connectivity index (χ0) is 23.2. The van der Waals surface area contributed by atoms with Crippen molar-refractivity contribution >= 4 is 34.1 Å². The average Bonchev–Trinajstić information content (AvgIpc) is 3.26. The zero-order valence-electron chi connectivity index (χ0n) is 18.5. The van der Waals surface area contributed by atoms with E-state index in [2.05, 4.69) is 58.2 Å². The van der Waals surface area contributed by atoms with Crippen molar-refractivity contribution in [3.05, 3.63) is 71.1 Å². The number of rotatable bonds is 8. The number of benzene rings is 1. The van der Waals surface area contributed by atoms with E-state index in [-0.39, 0.29) is 5.91 Å². The Hall–Kier alpha value is -3.30. The van der Waals surface area contributed by atoms with Crippen LogP contribution in [0.15, 0.2) is 64.4 Å². The maximum atomic E-state index is 12.4. The van der Waals surface area contributed by atoms with Crippen molar-refractivity contribution in [1.82, 2.24) is 19.9 Å². The van der Waals surface area contributed by atoms with Gasteiger partial charge < -0.3 is 4.74 Å². The predicted molar refractivity (Wildman–Crippen MR) is 131 cm³/mol. The van der Waals surface area contributed by atoms with Gasteiger partial charge in [-0.3, -0.25) is 15.1 Å². The van der Waals surface area contributed by atoms with Gasteiger partial charge in [-0.25, -0.2) is 15.0 Å². The van der Waals surface area contributed by atoms with Gasteiger partial charge in [-0.2, -0.15) is 0 Å². The van der Waals surface area contributed by atoms with Gasteiger partial charge >= 0.3 is 0 Å². The number of amides is 1. The van der Waals surface area contributed by atoms with E-state index in [9.17, 15) is 4.79 Å². The van der Waals surface area contributed by atoms with Gasteiger partial charge in [0.2, 0.25) is 5.88 Å². The Morgan fingerprint density at radius 1 is 1.12 bits per heavy atom. The van der Waals surface area contributed by atoms with Crippen LogP contribution in [0.1, 0.15) is 34.8 Å². The molecule has 0 saturated heterocycles. The maximum Gasteiger partial charge on any atom is 0.257 e. The minimum atomic E-state index is -0.203. The molecular formula is C24H23N5O2S2. The molecule has 0 unspecified atom stereocenters. The number of aryl methyl sites for hydroxylation is 2. The van der Waals surface area contributed by atoms with Gasteiger partial charge in [0.25, 0.3) is 5.91 Å². The molecule has 168 valence electrons. The van der Waals surface area contributed by atoms with Crippen LogP contribution in [-0.4, -0.2) is 32.4 Å². The Labute approximate surface area is 200 Å². The highest BCUT2D eigenvalue weighted by Gasteiger charge is 2.14. The summed E-state index contributed by atoms with van der Waals surface area (Å²) in [6, 6.07) is 7.57. The Morgan fingerprint density at radius 3 is 2.55 bits per heavy atom. The summed E-state index contributed by atoms with van der Waals surface area (Å²) in [5.74, 6) is 0.338. The number of nitrogens with one attached hydrogen (secondary N) is 1. The van der Waals surface area contributed by atoms with Crippen molar-refractivity contribution in [2.45, 2.75) is 37.1 Å². The minimum Gasteiger partial charge on any atom is -0.477 e. The molecule has 4 aromatic rings. The molecule has 0 spiro atoms. The van der Waals surface area contributed by atoms with E-state index in [1.54, 1.807) is 48.7 Å². The van der Waals surface area contributed by atoms with Gasteiger partial charge in [-0.1, -0.05) is 18.7 Å². The Kier molecular flexibility index (Phi) is 7.31. The van der Waals surface area contributed by atoms with E-state index < -0.39 is 0 Å². The van der Waals surface area contributed by atoms with E-state index in [1.807, 2.05) is 5.38 Å². The number of carbonyl (C=O) groups excluding carboxylic acids is 1. The van der Waals surface area contributed by atoms with Gasteiger partial charge in [-0.15, -0.1) is 11.3 Å². The Balaban J connectivity index is 1.48. The van der Waals surface area contributed by atoms with E-state index in [4.69, 9.17) is 4.74 Å². The minimum absolute atomic E-state index is 0.203. The third kappa shape index (κ3) is 5.74. The molecule has 0 aliphatic heterocycles. The number of carbonyl (C=O) groups is 1. The van der Waals surface area contributed by atoms with Gasteiger partial charge in [0.05, 0.1) is 24.7 Å². The average molecular weight is 478 g/mol. The summed E-state index contributed by atoms with van der Waals surface area (Å²) in [5, 5.41) is 6.19. The number of hydrogen-bond donors (Lipinski definition) is 1. The number of nitrogens with zero attached hydrogens (tertiary/aromatic N) is 4. The molecule has 4 rings (SSSR count). The Morgan fingerprint density at radius 2 is 1.88 bits per heavy atom. The van der Waals surface area contributed by atoms with Crippen LogP contribution in [0.4, 0.5) is 5.13 Å². The van der Waals surface area contributed by atoms with E-state index in [1.165, 1.54) is 11.3 Å². The second kappa shape index (κ2) is 10.5. The van der Waals surface area contributed by atoms with E-state index in [0.29, 0.717) is 23.2 Å². The summed E-state index contributed by atoms with van der Waals surface area (Å²) in [7, 11) is 0. The normalized spacial score (nSPS) is 10.8. The van der Waals surface area contributed by atoms with Crippen LogP contribution >= 0.6 is 23.1 Å². The predicted octanol–water partition coefficient (Wildman–Crippen LogP) is 5.80. The summed E-state index contributed by atoms with van der Waals surface area (Å²) < 4.78 is 5.50. The molecule has 0 atom stereocenters. The topological polar surface area (TPSA) is 89.9 Å². The standard InChI is InChI=1S/C24H23N5O2S2/c1-4-9-31-20-12-27-21(13-26-20)33-18-10-15(2)22(16(3)11-18)19-14-32-24(28-19)29-23(30)17-5-7-25-8-6-17/h5-8,10-14H,4,9H2,1-3H3,(H,28,29,30). The highest BCUT2D eigenvalue weighted by atomic mass is 32.2. The summed E-state index contributed by atoms with van der Waals surface area (Å²) in [6.45, 7) is 6.81. The van der Waals surface area contributed by atoms with Crippen molar-refractivity contribution in [1.29, 1.82) is 0 Å². The lowest BCUT2D eigenvalue weighted by Crippen LogP contribution is -2.11. The molecule has 0 radical (unpaired) electrons. The fourth-order valence-corrected chi connectivity index (χ4v) is 4.88. The van der Waals surface area contributed by atoms with Crippen LogP contribution in [0.2, 0.25) is 0 Å². The monoisotopic (exact) mass is 477 g/mol. The first kappa shape index (κ1) is 22.9. The molecule has 0 aliphatic carbocycles. The van der Waals surface area contributed by atoms with Gasteiger partial charge in [0.15, 0.2) is 5.13 Å². The lowest BCUT2D eigenvalue weighted by molar-refractivity contribution is 0.102. The molecule has 7 nitrogen and oxygen atoms in total. The SMILES string of the molecule is CCCOc1cnc(Sc2cc(C)c(-c3csc(NC(=O)c4ccncc4)n3)c(C)c2)cn1. The smallest absolute Gasteiger partial charge is 0.257 e. The van der Waals surface area contributed by atoms with E-state index >= 15 is 0 Å². The molecule has 9 heteroatoms. The number of hydrogen-bond acceptors (Lipinski definition) is 8. The molecule has 33 heavy (non-hydrogen) atoms. The van der Waals surface area contributed by atoms with Crippen LogP contribution in [0, 0.1) is 13.8 Å². The molecule has 1 amide bonds. The molecule has 0 aliphatic rings. The third-order valence-corrected chi connectivity index (χ3v) is 6.36. The largest absolute Gasteiger partial charge is 0.477 e. The number of anilines is 1. The van der Waals surface area contributed by atoms with Crippen LogP contribution in [0.25, 0.3) is 11.3 Å². The molecule has 1 aromatic carbocycles. The van der Waals surface area contributed by atoms with E-state index in [0.717, 1.165) is 38.7 Å². The van der Waals surface area contributed by atoms with Gasteiger partial charge in [-0.05, 0) is 55.7 Å². The van der Waals surface area contributed by atoms with Crippen molar-refractivity contribution in [3.63, 3.8) is 0 Å². The lowest BCUT2D eigenvalue weighted by atomic mass is 10.0. The van der Waals surface area contributed by atoms with Gasteiger partial charge in [0, 0.05) is 33.8 Å². The van der Waals surface area contributed by atoms with Crippen LogP contribution in [0.5, 0.6) is 5.88 Å². The maximum absolute atomic E-state index is 12.4. The molecule has 0 saturated carbocycles. The van der Waals surface area contributed by atoms with Gasteiger partial charge in [0.1, 0.15) is 5.03 Å². The first-order valence-corrected chi connectivity index (χ1v) is 12.1. The molecule has 0 fully saturated rings. The lowest BCUT2D eigenvalue weighted by Gasteiger charge is -2.11. The van der Waals surface area contributed by atoms with Crippen LogP contribution in [0.3, 0.4) is 0 Å². The van der Waals surface area contributed by atoms with Crippen molar-refractivity contribution in [3.8, 4) is 17.1 Å². The summed E-state index contributed by atoms with van der Waals surface area (Å²) in [6.07, 6.45) is 7.50. The van der Waals surface area contributed by atoms with Crippen molar-refractivity contribution < 1.29 is 9.53 Å². The molecule has 3 heterocycles. The zero-order valence-corrected chi connectivity index (χ0v) is 20.2. The first-order chi connectivity index (χ1) is 16.0. The van der Waals surface area contributed by atoms with Crippen molar-refractivity contribution in [2.24, 2.45) is 0 Å². The Bertz CT molecular complexity index is 1220. The highest BCUT2D eigenvalue weighted by Crippen LogP contribution is 2.35. The summed E-state index contributed by atoms with van der Waals surface area (Å²) >= 11 is 2.96.